The normalized spacial score (nSPS) is 28.4. The van der Waals surface area contributed by atoms with Crippen molar-refractivity contribution in [2.45, 2.75) is 6.23 Å². The van der Waals surface area contributed by atoms with Gasteiger partial charge in [0.2, 0.25) is 0 Å². The largest absolute Gasteiger partial charge is 0.356 e. The Morgan fingerprint density at radius 1 is 1.88 bits per heavy atom. The SMILES string of the molecule is S=C(S)C1NCCO1. The summed E-state index contributed by atoms with van der Waals surface area (Å²) in [6, 6.07) is 0. The first-order chi connectivity index (χ1) is 3.80. The van der Waals surface area contributed by atoms with Gasteiger partial charge in [-0.3, -0.25) is 5.32 Å². The topological polar surface area (TPSA) is 21.3 Å². The maximum atomic E-state index is 5.09. The Bertz CT molecular complexity index is 100. The van der Waals surface area contributed by atoms with E-state index in [0.29, 0.717) is 4.20 Å². The van der Waals surface area contributed by atoms with Crippen molar-refractivity contribution in [1.82, 2.24) is 5.32 Å². The molecule has 0 saturated carbocycles. The van der Waals surface area contributed by atoms with Crippen molar-refractivity contribution in [3.8, 4) is 0 Å². The Morgan fingerprint density at radius 2 is 2.62 bits per heavy atom. The van der Waals surface area contributed by atoms with Gasteiger partial charge in [0.25, 0.3) is 0 Å². The molecule has 1 atom stereocenters. The summed E-state index contributed by atoms with van der Waals surface area (Å²) in [5.74, 6) is 0. The zero-order chi connectivity index (χ0) is 5.98. The molecule has 1 rings (SSSR count). The fourth-order valence-electron chi connectivity index (χ4n) is 0.584. The predicted molar refractivity (Wildman–Crippen MR) is 39.3 cm³/mol. The number of hydrogen-bond acceptors (Lipinski definition) is 3. The van der Waals surface area contributed by atoms with Gasteiger partial charge in [-0.15, -0.1) is 12.6 Å². The van der Waals surface area contributed by atoms with Crippen LogP contribution in [-0.4, -0.2) is 23.6 Å². The van der Waals surface area contributed by atoms with Crippen LogP contribution in [0.1, 0.15) is 0 Å². The lowest BCUT2D eigenvalue weighted by atomic mass is 10.6. The van der Waals surface area contributed by atoms with E-state index < -0.39 is 0 Å². The van der Waals surface area contributed by atoms with Crippen molar-refractivity contribution in [2.75, 3.05) is 13.2 Å². The van der Waals surface area contributed by atoms with Gasteiger partial charge < -0.3 is 4.74 Å². The fraction of sp³-hybridized carbons (Fsp3) is 0.750. The quantitative estimate of drug-likeness (QED) is 0.410. The van der Waals surface area contributed by atoms with Crippen molar-refractivity contribution in [3.05, 3.63) is 0 Å². The molecule has 4 heteroatoms. The lowest BCUT2D eigenvalue weighted by molar-refractivity contribution is 0.156. The Hall–Kier alpha value is 0.360. The van der Waals surface area contributed by atoms with Gasteiger partial charge in [-0.25, -0.2) is 0 Å². The van der Waals surface area contributed by atoms with E-state index >= 15 is 0 Å². The lowest BCUT2D eigenvalue weighted by Gasteiger charge is -2.03. The molecule has 1 saturated heterocycles. The average Bonchev–Trinajstić information content (AvgIpc) is 2.12. The summed E-state index contributed by atoms with van der Waals surface area (Å²) in [5.41, 5.74) is 0. The van der Waals surface area contributed by atoms with Crippen molar-refractivity contribution in [3.63, 3.8) is 0 Å². The molecule has 0 aliphatic carbocycles. The Balaban J connectivity index is 2.35. The Labute approximate surface area is 59.0 Å². The molecule has 1 aliphatic rings. The highest BCUT2D eigenvalue weighted by Gasteiger charge is 2.15. The Morgan fingerprint density at radius 3 is 2.88 bits per heavy atom. The third-order valence-electron chi connectivity index (χ3n) is 0.941. The second-order valence-electron chi connectivity index (χ2n) is 1.54. The van der Waals surface area contributed by atoms with Crippen LogP contribution in [0.5, 0.6) is 0 Å². The molecule has 0 aromatic rings. The number of rotatable bonds is 1. The number of hydrogen-bond donors (Lipinski definition) is 2. The van der Waals surface area contributed by atoms with Crippen LogP contribution in [-0.2, 0) is 4.74 Å². The molecule has 0 amide bonds. The zero-order valence-corrected chi connectivity index (χ0v) is 5.97. The van der Waals surface area contributed by atoms with E-state index in [9.17, 15) is 0 Å². The van der Waals surface area contributed by atoms with Crippen LogP contribution in [0, 0.1) is 0 Å². The van der Waals surface area contributed by atoms with Gasteiger partial charge in [0.15, 0.2) is 0 Å². The molecular formula is C4H7NOS2. The first-order valence-electron chi connectivity index (χ1n) is 2.38. The fourth-order valence-corrected chi connectivity index (χ4v) is 0.902. The van der Waals surface area contributed by atoms with Crippen LogP contribution < -0.4 is 5.32 Å². The summed E-state index contributed by atoms with van der Waals surface area (Å²) in [6.45, 7) is 1.62. The number of thiol groups is 1. The maximum Gasteiger partial charge on any atom is 0.150 e. The summed E-state index contributed by atoms with van der Waals surface area (Å²) in [7, 11) is 0. The van der Waals surface area contributed by atoms with Crippen LogP contribution in [0.4, 0.5) is 0 Å². The third-order valence-corrected chi connectivity index (χ3v) is 1.39. The summed E-state index contributed by atoms with van der Waals surface area (Å²) >= 11 is 8.67. The third kappa shape index (κ3) is 1.42. The van der Waals surface area contributed by atoms with E-state index in [-0.39, 0.29) is 6.23 Å². The van der Waals surface area contributed by atoms with Crippen LogP contribution in [0.15, 0.2) is 0 Å². The predicted octanol–water partition coefficient (Wildman–Crippen LogP) is 0.189. The molecule has 0 aromatic heterocycles. The molecule has 8 heavy (non-hydrogen) atoms. The molecular weight excluding hydrogens is 142 g/mol. The molecule has 0 spiro atoms. The van der Waals surface area contributed by atoms with Crippen LogP contribution in [0.3, 0.4) is 0 Å². The molecule has 1 N–H and O–H groups in total. The first kappa shape index (κ1) is 6.48. The maximum absolute atomic E-state index is 5.09. The molecule has 1 fully saturated rings. The molecule has 0 bridgehead atoms. The van der Waals surface area contributed by atoms with Crippen molar-refractivity contribution >= 4 is 29.0 Å². The second-order valence-corrected chi connectivity index (χ2v) is 2.77. The van der Waals surface area contributed by atoms with E-state index in [0.717, 1.165) is 13.2 Å². The molecule has 0 radical (unpaired) electrons. The number of ether oxygens (including phenoxy) is 1. The van der Waals surface area contributed by atoms with E-state index in [1.165, 1.54) is 0 Å². The minimum absolute atomic E-state index is 0.0895. The number of thiocarbonyl (C=S) groups is 1. The van der Waals surface area contributed by atoms with Gasteiger partial charge in [0, 0.05) is 6.54 Å². The van der Waals surface area contributed by atoms with Gasteiger partial charge in [0.05, 0.1) is 10.8 Å². The van der Waals surface area contributed by atoms with Crippen LogP contribution in [0.25, 0.3) is 0 Å². The smallest absolute Gasteiger partial charge is 0.150 e. The Kier molecular flexibility index (Phi) is 2.25. The van der Waals surface area contributed by atoms with E-state index in [4.69, 9.17) is 17.0 Å². The minimum Gasteiger partial charge on any atom is -0.356 e. The van der Waals surface area contributed by atoms with Crippen LogP contribution >= 0.6 is 24.8 Å². The van der Waals surface area contributed by atoms with Crippen molar-refractivity contribution < 1.29 is 4.74 Å². The van der Waals surface area contributed by atoms with E-state index in [2.05, 4.69) is 17.9 Å². The summed E-state index contributed by atoms with van der Waals surface area (Å²) in [4.78, 5) is 0. The summed E-state index contributed by atoms with van der Waals surface area (Å²) in [6.07, 6.45) is -0.0895. The molecule has 1 heterocycles. The van der Waals surface area contributed by atoms with Gasteiger partial charge in [-0.2, -0.15) is 0 Å². The molecule has 46 valence electrons. The molecule has 1 unspecified atom stereocenters. The number of nitrogens with one attached hydrogen (secondary N) is 1. The van der Waals surface area contributed by atoms with Crippen molar-refractivity contribution in [1.29, 1.82) is 0 Å². The van der Waals surface area contributed by atoms with E-state index in [1.807, 2.05) is 0 Å². The van der Waals surface area contributed by atoms with Crippen LogP contribution in [0.2, 0.25) is 0 Å². The van der Waals surface area contributed by atoms with Gasteiger partial charge in [-0.1, -0.05) is 12.2 Å². The average molecular weight is 149 g/mol. The lowest BCUT2D eigenvalue weighted by Crippen LogP contribution is -2.27. The second kappa shape index (κ2) is 2.77. The van der Waals surface area contributed by atoms with Gasteiger partial charge >= 0.3 is 0 Å². The molecule has 2 nitrogen and oxygen atoms in total. The van der Waals surface area contributed by atoms with Crippen molar-refractivity contribution in [2.24, 2.45) is 0 Å². The van der Waals surface area contributed by atoms with Gasteiger partial charge in [0.1, 0.15) is 6.23 Å². The van der Waals surface area contributed by atoms with E-state index in [1.54, 1.807) is 0 Å². The molecule has 1 aliphatic heterocycles. The molecule has 0 aromatic carbocycles. The highest BCUT2D eigenvalue weighted by Crippen LogP contribution is 2.00. The van der Waals surface area contributed by atoms with Gasteiger partial charge in [-0.05, 0) is 0 Å². The first-order valence-corrected chi connectivity index (χ1v) is 3.24. The summed E-state index contributed by atoms with van der Waals surface area (Å²) in [5, 5.41) is 3.02. The highest BCUT2D eigenvalue weighted by atomic mass is 32.1. The monoisotopic (exact) mass is 149 g/mol. The summed E-state index contributed by atoms with van der Waals surface area (Å²) < 4.78 is 5.67. The highest BCUT2D eigenvalue weighted by molar-refractivity contribution is 8.11. The zero-order valence-electron chi connectivity index (χ0n) is 4.26. The minimum atomic E-state index is -0.0895. The standard InChI is InChI=1S/C4H7NOS2/c7-4(8)3-5-1-2-6-3/h3,5H,1-2H2,(H,7,8).